The highest BCUT2D eigenvalue weighted by atomic mass is 19.4. The second-order valence-electron chi connectivity index (χ2n) is 3.37. The Morgan fingerprint density at radius 1 is 1.06 bits per heavy atom. The Balaban J connectivity index is 3.62. The fraction of sp³-hybridized carbons (Fsp3) is 0.300. The number of carbonyl (C=O) groups excluding carboxylic acids is 1. The molecule has 0 bridgehead atoms. The summed E-state index contributed by atoms with van der Waals surface area (Å²) in [6, 6.07) is 0.356. The van der Waals surface area contributed by atoms with Crippen LogP contribution in [0.3, 0.4) is 0 Å². The summed E-state index contributed by atoms with van der Waals surface area (Å²) in [6.07, 6.45) is -8.99. The molecule has 98 valence electrons. The van der Waals surface area contributed by atoms with Crippen molar-refractivity contribution in [2.75, 3.05) is 0 Å². The zero-order valence-electron chi connectivity index (χ0n) is 8.78. The topological polar surface area (TPSA) is 29.4 Å². The van der Waals surface area contributed by atoms with Crippen molar-refractivity contribution in [3.8, 4) is 0 Å². The molecule has 0 saturated carbocycles. The Labute approximate surface area is 96.9 Å². The van der Waals surface area contributed by atoms with Crippen molar-refractivity contribution in [3.63, 3.8) is 0 Å². The Kier molecular flexibility index (Phi) is 3.52. The molecule has 1 aromatic rings. The maximum atomic E-state index is 12.5. The lowest BCUT2D eigenvalue weighted by molar-refractivity contribution is -0.143. The van der Waals surface area contributed by atoms with Gasteiger partial charge in [-0.15, -0.1) is 0 Å². The van der Waals surface area contributed by atoms with Gasteiger partial charge in [0.15, 0.2) is 0 Å². The fourth-order valence-electron chi connectivity index (χ4n) is 1.32. The van der Waals surface area contributed by atoms with Crippen molar-refractivity contribution in [2.45, 2.75) is 19.3 Å². The second-order valence-corrected chi connectivity index (χ2v) is 3.37. The predicted octanol–water partition coefficient (Wildman–Crippen LogP) is 4.00. The van der Waals surface area contributed by atoms with Crippen LogP contribution in [0, 0.1) is 6.92 Å². The number of hydrogen-bond donors (Lipinski definition) is 0. The summed E-state index contributed by atoms with van der Waals surface area (Å²) in [7, 11) is 0. The van der Waals surface area contributed by atoms with Crippen LogP contribution in [-0.2, 0) is 17.1 Å². The molecule has 0 aliphatic rings. The number of alkyl halides is 6. The molecule has 0 aliphatic carbocycles. The Bertz CT molecular complexity index is 510. The van der Waals surface area contributed by atoms with E-state index in [9.17, 15) is 31.1 Å². The number of hydrogen-bond acceptors (Lipinski definition) is 2. The summed E-state index contributed by atoms with van der Waals surface area (Å²) in [6.45, 7) is 0.930. The van der Waals surface area contributed by atoms with Crippen LogP contribution < -0.4 is 0 Å². The van der Waals surface area contributed by atoms with Gasteiger partial charge in [-0.25, -0.2) is 4.79 Å². The van der Waals surface area contributed by atoms with Gasteiger partial charge in [0.25, 0.3) is 0 Å². The van der Waals surface area contributed by atoms with Gasteiger partial charge in [0.2, 0.25) is 6.08 Å². The monoisotopic (exact) mass is 269 g/mol. The molecule has 0 atom stereocenters. The van der Waals surface area contributed by atoms with Crippen LogP contribution in [0.4, 0.5) is 32.0 Å². The van der Waals surface area contributed by atoms with E-state index in [0.717, 1.165) is 13.0 Å². The van der Waals surface area contributed by atoms with E-state index in [-0.39, 0.29) is 6.07 Å². The molecule has 0 heterocycles. The van der Waals surface area contributed by atoms with E-state index in [1.807, 2.05) is 0 Å². The van der Waals surface area contributed by atoms with Gasteiger partial charge in [-0.2, -0.15) is 31.3 Å². The highest BCUT2D eigenvalue weighted by Crippen LogP contribution is 2.40. The quantitative estimate of drug-likeness (QED) is 0.430. The van der Waals surface area contributed by atoms with Crippen LogP contribution in [0.15, 0.2) is 17.1 Å². The summed E-state index contributed by atoms with van der Waals surface area (Å²) in [5, 5.41) is 0. The number of nitrogens with zero attached hydrogens (tertiary/aromatic N) is 1. The average Bonchev–Trinajstić information content (AvgIpc) is 2.17. The molecule has 1 aromatic carbocycles. The number of rotatable bonds is 1. The van der Waals surface area contributed by atoms with E-state index >= 15 is 0 Å². The van der Waals surface area contributed by atoms with Crippen LogP contribution in [0.25, 0.3) is 0 Å². The molecule has 0 aromatic heterocycles. The van der Waals surface area contributed by atoms with Crippen molar-refractivity contribution in [1.29, 1.82) is 0 Å². The molecule has 0 unspecified atom stereocenters. The first-order valence-electron chi connectivity index (χ1n) is 4.44. The lowest BCUT2D eigenvalue weighted by Crippen LogP contribution is -2.12. The Morgan fingerprint density at radius 2 is 1.61 bits per heavy atom. The minimum Gasteiger partial charge on any atom is -0.211 e. The van der Waals surface area contributed by atoms with Gasteiger partial charge in [0.1, 0.15) is 0 Å². The van der Waals surface area contributed by atoms with Crippen molar-refractivity contribution < 1.29 is 31.1 Å². The van der Waals surface area contributed by atoms with Gasteiger partial charge >= 0.3 is 12.4 Å². The smallest absolute Gasteiger partial charge is 0.211 e. The van der Waals surface area contributed by atoms with Crippen LogP contribution in [-0.4, -0.2) is 6.08 Å². The molecule has 8 heteroatoms. The number of aliphatic imine (C=N–C) groups is 1. The zero-order valence-corrected chi connectivity index (χ0v) is 8.78. The maximum absolute atomic E-state index is 12.5. The lowest BCUT2D eigenvalue weighted by atomic mass is 10.0. The van der Waals surface area contributed by atoms with Crippen LogP contribution >= 0.6 is 0 Å². The minimum atomic E-state index is -4.96. The number of isocyanates is 1. The third kappa shape index (κ3) is 2.89. The summed E-state index contributed by atoms with van der Waals surface area (Å²) in [4.78, 5) is 12.8. The van der Waals surface area contributed by atoms with E-state index in [4.69, 9.17) is 0 Å². The molecule has 18 heavy (non-hydrogen) atoms. The van der Waals surface area contributed by atoms with Crippen molar-refractivity contribution >= 4 is 11.8 Å². The molecule has 0 aliphatic heterocycles. The first-order valence-corrected chi connectivity index (χ1v) is 4.44. The number of halogens is 6. The minimum absolute atomic E-state index is 0.0147. The van der Waals surface area contributed by atoms with Crippen LogP contribution in [0.1, 0.15) is 16.7 Å². The normalized spacial score (nSPS) is 12.2. The zero-order chi connectivity index (χ0) is 14.1. The molecular formula is C10H5F6NO. The molecule has 0 N–H and O–H groups in total. The maximum Gasteiger partial charge on any atom is 0.416 e. The largest absolute Gasteiger partial charge is 0.416 e. The summed E-state index contributed by atoms with van der Waals surface area (Å²) in [5.41, 5.74) is -4.26. The van der Waals surface area contributed by atoms with Crippen molar-refractivity contribution in [1.82, 2.24) is 0 Å². The summed E-state index contributed by atoms with van der Waals surface area (Å²) < 4.78 is 74.8. The molecule has 0 amide bonds. The van der Waals surface area contributed by atoms with Gasteiger partial charge in [0, 0.05) is 0 Å². The SMILES string of the molecule is Cc1c(N=C=O)cc(C(F)(F)F)cc1C(F)(F)F. The van der Waals surface area contributed by atoms with Gasteiger partial charge in [-0.3, -0.25) is 0 Å². The standard InChI is InChI=1S/C10H5F6NO/c1-5-7(10(14,15)16)2-6(9(11,12)13)3-8(5)17-4-18/h2-3H,1H3. The van der Waals surface area contributed by atoms with E-state index in [1.165, 1.54) is 0 Å². The first kappa shape index (κ1) is 14.2. The molecule has 1 rings (SSSR count). The first-order chi connectivity index (χ1) is 8.07. The fourth-order valence-corrected chi connectivity index (χ4v) is 1.32. The summed E-state index contributed by atoms with van der Waals surface area (Å²) in [5.74, 6) is 0. The van der Waals surface area contributed by atoms with Gasteiger partial charge < -0.3 is 0 Å². The van der Waals surface area contributed by atoms with Crippen LogP contribution in [0.5, 0.6) is 0 Å². The molecule has 0 fully saturated rings. The molecule has 2 nitrogen and oxygen atoms in total. The van der Waals surface area contributed by atoms with E-state index in [0.29, 0.717) is 6.07 Å². The molecular weight excluding hydrogens is 264 g/mol. The third-order valence-corrected chi connectivity index (χ3v) is 2.18. The van der Waals surface area contributed by atoms with Gasteiger partial charge in [-0.1, -0.05) is 0 Å². The van der Waals surface area contributed by atoms with E-state index in [1.54, 1.807) is 0 Å². The van der Waals surface area contributed by atoms with Gasteiger partial charge in [-0.05, 0) is 24.6 Å². The highest BCUT2D eigenvalue weighted by molar-refractivity contribution is 5.58. The average molecular weight is 269 g/mol. The van der Waals surface area contributed by atoms with Gasteiger partial charge in [0.05, 0.1) is 16.8 Å². The Morgan fingerprint density at radius 3 is 2.00 bits per heavy atom. The lowest BCUT2D eigenvalue weighted by Gasteiger charge is -2.15. The molecule has 0 saturated heterocycles. The molecule has 0 radical (unpaired) electrons. The second kappa shape index (κ2) is 4.45. The Hall–Kier alpha value is -1.82. The van der Waals surface area contributed by atoms with Crippen molar-refractivity contribution in [2.24, 2.45) is 4.99 Å². The number of benzene rings is 1. The van der Waals surface area contributed by atoms with Crippen molar-refractivity contribution in [3.05, 3.63) is 28.8 Å². The van der Waals surface area contributed by atoms with E-state index in [2.05, 4.69) is 4.99 Å². The van der Waals surface area contributed by atoms with E-state index < -0.39 is 34.7 Å². The summed E-state index contributed by atoms with van der Waals surface area (Å²) >= 11 is 0. The highest BCUT2D eigenvalue weighted by Gasteiger charge is 2.38. The molecule has 0 spiro atoms. The van der Waals surface area contributed by atoms with Crippen LogP contribution in [0.2, 0.25) is 0 Å². The third-order valence-electron chi connectivity index (χ3n) is 2.18. The predicted molar refractivity (Wildman–Crippen MR) is 49.0 cm³/mol.